The predicted molar refractivity (Wildman–Crippen MR) is 113 cm³/mol. The van der Waals surface area contributed by atoms with Gasteiger partial charge in [-0.25, -0.2) is 18.1 Å². The molecule has 0 unspecified atom stereocenters. The maximum absolute atomic E-state index is 12.7. The second kappa shape index (κ2) is 8.09. The molecule has 1 aromatic heterocycles. The third kappa shape index (κ3) is 4.66. The molecule has 0 bridgehead atoms. The highest BCUT2D eigenvalue weighted by atomic mass is 35.5. The molecule has 0 atom stereocenters. The molecule has 4 rings (SSSR count). The molecule has 1 N–H and O–H groups in total. The Balaban J connectivity index is 1.36. The first-order valence-electron chi connectivity index (χ1n) is 8.80. The van der Waals surface area contributed by atoms with Crippen LogP contribution in [0, 0.1) is 0 Å². The molecule has 4 nitrogen and oxygen atoms in total. The number of nitrogens with zero attached hydrogens (tertiary/aromatic N) is 1. The summed E-state index contributed by atoms with van der Waals surface area (Å²) in [5.74, 6) is 0. The first-order chi connectivity index (χ1) is 13.0. The van der Waals surface area contributed by atoms with Crippen molar-refractivity contribution in [2.75, 3.05) is 0 Å². The Hall–Kier alpha value is -1.12. The monoisotopic (exact) mass is 438 g/mol. The van der Waals surface area contributed by atoms with Crippen molar-refractivity contribution in [1.82, 2.24) is 9.71 Å². The second-order valence-electron chi connectivity index (χ2n) is 6.61. The van der Waals surface area contributed by atoms with Gasteiger partial charge in [-0.15, -0.1) is 23.1 Å². The van der Waals surface area contributed by atoms with Crippen molar-refractivity contribution < 1.29 is 8.42 Å². The van der Waals surface area contributed by atoms with Crippen molar-refractivity contribution in [2.24, 2.45) is 0 Å². The topological polar surface area (TPSA) is 59.1 Å². The van der Waals surface area contributed by atoms with Crippen molar-refractivity contribution in [1.29, 1.82) is 0 Å². The van der Waals surface area contributed by atoms with Gasteiger partial charge in [0.2, 0.25) is 4.34 Å². The molecule has 1 fully saturated rings. The van der Waals surface area contributed by atoms with Crippen molar-refractivity contribution >= 4 is 54.9 Å². The molecule has 0 spiro atoms. The van der Waals surface area contributed by atoms with Crippen LogP contribution in [-0.2, 0) is 10.0 Å². The van der Waals surface area contributed by atoms with Crippen LogP contribution in [0.5, 0.6) is 0 Å². The fourth-order valence-electron chi connectivity index (χ4n) is 3.24. The summed E-state index contributed by atoms with van der Waals surface area (Å²) in [5, 5.41) is 1.25. The van der Waals surface area contributed by atoms with Crippen molar-refractivity contribution in [3.05, 3.63) is 53.6 Å². The molecule has 27 heavy (non-hydrogen) atoms. The summed E-state index contributed by atoms with van der Waals surface area (Å²) in [6.07, 6.45) is 3.66. The Kier molecular flexibility index (Phi) is 5.75. The van der Waals surface area contributed by atoms with Gasteiger partial charge in [-0.3, -0.25) is 0 Å². The van der Waals surface area contributed by atoms with Gasteiger partial charge in [-0.2, -0.15) is 0 Å². The van der Waals surface area contributed by atoms with Gasteiger partial charge >= 0.3 is 0 Å². The van der Waals surface area contributed by atoms with Gasteiger partial charge in [-0.05, 0) is 62.1 Å². The molecule has 1 aliphatic carbocycles. The maximum Gasteiger partial charge on any atom is 0.268 e. The zero-order chi connectivity index (χ0) is 18.9. The van der Waals surface area contributed by atoms with Gasteiger partial charge in [0.25, 0.3) is 10.0 Å². The van der Waals surface area contributed by atoms with E-state index in [0.29, 0.717) is 5.25 Å². The van der Waals surface area contributed by atoms with E-state index in [9.17, 15) is 8.42 Å². The van der Waals surface area contributed by atoms with Crippen LogP contribution in [0.15, 0.2) is 57.8 Å². The van der Waals surface area contributed by atoms with Gasteiger partial charge in [0.05, 0.1) is 10.2 Å². The number of fused-ring (bicyclic) bond motifs is 1. The number of halogens is 1. The smallest absolute Gasteiger partial charge is 0.224 e. The molecule has 2 aromatic carbocycles. The number of aromatic nitrogens is 1. The molecule has 0 amide bonds. The zero-order valence-corrected chi connectivity index (χ0v) is 17.7. The lowest BCUT2D eigenvalue weighted by Crippen LogP contribution is -2.38. The summed E-state index contributed by atoms with van der Waals surface area (Å²) >= 11 is 9.00. The number of benzene rings is 2. The number of hydrogen-bond acceptors (Lipinski definition) is 5. The first-order valence-corrected chi connectivity index (χ1v) is 12.4. The molecule has 0 saturated heterocycles. The minimum Gasteiger partial charge on any atom is -0.224 e. The number of para-hydroxylation sites is 1. The average Bonchev–Trinajstić information content (AvgIpc) is 3.10. The van der Waals surface area contributed by atoms with Gasteiger partial charge in [-0.1, -0.05) is 23.7 Å². The normalized spacial score (nSPS) is 20.8. The Labute approximate surface area is 172 Å². The van der Waals surface area contributed by atoms with E-state index < -0.39 is 10.0 Å². The summed E-state index contributed by atoms with van der Waals surface area (Å²) < 4.78 is 29.3. The van der Waals surface area contributed by atoms with E-state index in [2.05, 4.69) is 9.71 Å². The van der Waals surface area contributed by atoms with Gasteiger partial charge in [0, 0.05) is 21.2 Å². The number of sulfonamides is 1. The number of thiazole rings is 1. The Morgan fingerprint density at radius 2 is 1.74 bits per heavy atom. The van der Waals surface area contributed by atoms with E-state index in [1.165, 1.54) is 16.2 Å². The third-order valence-corrected chi connectivity index (χ3v) is 9.15. The molecule has 8 heteroatoms. The van der Waals surface area contributed by atoms with E-state index in [0.717, 1.165) is 40.9 Å². The van der Waals surface area contributed by atoms with E-state index >= 15 is 0 Å². The van der Waals surface area contributed by atoms with Crippen LogP contribution in [0.1, 0.15) is 25.7 Å². The SMILES string of the molecule is O=S(=O)(NC1CCC(Sc2ccc(Cl)cc2)CC1)c1nc2ccccc2s1. The van der Waals surface area contributed by atoms with E-state index in [4.69, 9.17) is 11.6 Å². The summed E-state index contributed by atoms with van der Waals surface area (Å²) in [7, 11) is -3.57. The van der Waals surface area contributed by atoms with Crippen LogP contribution in [0.4, 0.5) is 0 Å². The lowest BCUT2D eigenvalue weighted by atomic mass is 9.96. The summed E-state index contributed by atoms with van der Waals surface area (Å²) in [6, 6.07) is 15.3. The van der Waals surface area contributed by atoms with E-state index in [1.54, 1.807) is 0 Å². The fraction of sp³-hybridized carbons (Fsp3) is 0.316. The highest BCUT2D eigenvalue weighted by Gasteiger charge is 2.28. The molecule has 1 heterocycles. The third-order valence-electron chi connectivity index (χ3n) is 4.62. The zero-order valence-electron chi connectivity index (χ0n) is 14.5. The minimum atomic E-state index is -3.57. The minimum absolute atomic E-state index is 0.0240. The van der Waals surface area contributed by atoms with Crippen LogP contribution in [0.2, 0.25) is 5.02 Å². The number of nitrogens with one attached hydrogen (secondary N) is 1. The van der Waals surface area contributed by atoms with Crippen LogP contribution < -0.4 is 4.72 Å². The lowest BCUT2D eigenvalue weighted by molar-refractivity contribution is 0.419. The number of rotatable bonds is 5. The van der Waals surface area contributed by atoms with Crippen LogP contribution in [0.3, 0.4) is 0 Å². The van der Waals surface area contributed by atoms with Crippen LogP contribution >= 0.6 is 34.7 Å². The molecule has 0 aliphatic heterocycles. The summed E-state index contributed by atoms with van der Waals surface area (Å²) in [5.41, 5.74) is 0.728. The van der Waals surface area contributed by atoms with Crippen molar-refractivity contribution in [3.8, 4) is 0 Å². The predicted octanol–water partition coefficient (Wildman–Crippen LogP) is 5.33. The molecule has 0 radical (unpaired) electrons. The highest BCUT2D eigenvalue weighted by molar-refractivity contribution is 8.00. The molecular weight excluding hydrogens is 420 g/mol. The fourth-order valence-corrected chi connectivity index (χ4v) is 7.10. The Morgan fingerprint density at radius 1 is 1.04 bits per heavy atom. The standard InChI is InChI=1S/C19H19ClN2O2S3/c20-13-5-9-15(10-6-13)25-16-11-7-14(8-12-16)22-27(23,24)19-21-17-3-1-2-4-18(17)26-19/h1-6,9-10,14,16,22H,7-8,11-12H2. The average molecular weight is 439 g/mol. The first kappa shape index (κ1) is 19.2. The Morgan fingerprint density at radius 3 is 2.44 bits per heavy atom. The molecule has 3 aromatic rings. The second-order valence-corrected chi connectivity index (χ2v) is 11.3. The van der Waals surface area contributed by atoms with Gasteiger partial charge in [0.15, 0.2) is 0 Å². The number of thioether (sulfide) groups is 1. The van der Waals surface area contributed by atoms with Gasteiger partial charge in [0.1, 0.15) is 0 Å². The van der Waals surface area contributed by atoms with Crippen LogP contribution in [0.25, 0.3) is 10.2 Å². The van der Waals surface area contributed by atoms with Crippen LogP contribution in [-0.4, -0.2) is 24.7 Å². The molecule has 142 valence electrons. The van der Waals surface area contributed by atoms with Crippen molar-refractivity contribution in [2.45, 2.75) is 46.2 Å². The van der Waals surface area contributed by atoms with Crippen molar-refractivity contribution in [3.63, 3.8) is 0 Å². The highest BCUT2D eigenvalue weighted by Crippen LogP contribution is 2.35. The van der Waals surface area contributed by atoms with Gasteiger partial charge < -0.3 is 0 Å². The van der Waals surface area contributed by atoms with E-state index in [-0.39, 0.29) is 10.4 Å². The molecular formula is C19H19ClN2O2S3. The molecule has 1 saturated carbocycles. The maximum atomic E-state index is 12.7. The summed E-state index contributed by atoms with van der Waals surface area (Å²) in [6.45, 7) is 0. The number of hydrogen-bond donors (Lipinski definition) is 1. The Bertz CT molecular complexity index is 994. The summed E-state index contributed by atoms with van der Waals surface area (Å²) in [4.78, 5) is 5.49. The largest absolute Gasteiger partial charge is 0.268 e. The van der Waals surface area contributed by atoms with E-state index in [1.807, 2.05) is 60.3 Å². The lowest BCUT2D eigenvalue weighted by Gasteiger charge is -2.28. The quantitative estimate of drug-likeness (QED) is 0.584. The molecule has 1 aliphatic rings.